The van der Waals surface area contributed by atoms with E-state index in [1.54, 1.807) is 0 Å². The van der Waals surface area contributed by atoms with Gasteiger partial charge >= 0.3 is 5.97 Å². The zero-order chi connectivity index (χ0) is 31.2. The normalized spacial score (nSPS) is 26.9. The Kier molecular flexibility index (Phi) is 8.25. The molecule has 2 aliphatic carbocycles. The Labute approximate surface area is 263 Å². The Hall–Kier alpha value is -3.20. The average molecular weight is 641 g/mol. The molecule has 2 aromatic rings. The summed E-state index contributed by atoms with van der Waals surface area (Å²) >= 11 is 0. The molecule has 1 unspecified atom stereocenters. The second-order valence-electron chi connectivity index (χ2n) is 12.8. The number of anilines is 2. The number of hydrogen-bond donors (Lipinski definition) is 1. The van der Waals surface area contributed by atoms with Gasteiger partial charge in [0.1, 0.15) is 11.5 Å². The summed E-state index contributed by atoms with van der Waals surface area (Å²) in [6.07, 6.45) is 12.5. The van der Waals surface area contributed by atoms with Crippen LogP contribution in [0.1, 0.15) is 86.7 Å². The third-order valence-electron chi connectivity index (χ3n) is 9.89. The van der Waals surface area contributed by atoms with E-state index in [0.717, 1.165) is 70.0 Å². The maximum absolute atomic E-state index is 13.8. The predicted molar refractivity (Wildman–Crippen MR) is 162 cm³/mol. The number of ether oxygens (including phenoxy) is 3. The van der Waals surface area contributed by atoms with Gasteiger partial charge in [-0.3, -0.25) is 9.69 Å². The van der Waals surface area contributed by atoms with Crippen LogP contribution in [0.25, 0.3) is 0 Å². The summed E-state index contributed by atoms with van der Waals surface area (Å²) < 4.78 is 44.9. The monoisotopic (exact) mass is 640 g/mol. The molecule has 1 spiro atoms. The molecule has 45 heavy (non-hydrogen) atoms. The van der Waals surface area contributed by atoms with E-state index < -0.39 is 21.4 Å². The first-order chi connectivity index (χ1) is 21.8. The van der Waals surface area contributed by atoms with E-state index in [1.165, 1.54) is 29.7 Å². The maximum atomic E-state index is 13.8. The van der Waals surface area contributed by atoms with Crippen molar-refractivity contribution in [3.8, 4) is 0 Å². The lowest BCUT2D eigenvalue weighted by atomic mass is 9.91. The molecule has 1 N–H and O–H groups in total. The average Bonchev–Trinajstić information content (AvgIpc) is 3.83. The third kappa shape index (κ3) is 5.81. The van der Waals surface area contributed by atoms with Crippen molar-refractivity contribution in [2.24, 2.45) is 0 Å². The number of aromatic nitrogens is 3. The summed E-state index contributed by atoms with van der Waals surface area (Å²) in [5.74, 6) is 0.590. The van der Waals surface area contributed by atoms with E-state index in [0.29, 0.717) is 37.7 Å². The van der Waals surface area contributed by atoms with Crippen LogP contribution in [0.3, 0.4) is 0 Å². The molecule has 5 heterocycles. The highest BCUT2D eigenvalue weighted by atomic mass is 32.2. The fraction of sp³-hybridized carbons (Fsp3) is 0.645. The van der Waals surface area contributed by atoms with Crippen LogP contribution in [0.15, 0.2) is 29.4 Å². The number of amides is 1. The summed E-state index contributed by atoms with van der Waals surface area (Å²) in [4.78, 5) is 41.1. The molecule has 4 fully saturated rings. The number of sulfonamides is 1. The standard InChI is InChI=1S/C31H40N6O7S/c1-42-28(38)25-18-23(8-13-32-25)45(40,41)36-14-9-20(10-15-36)34-30-33-19-24-27(35-30)37(29(39)31(24)11-12-31)21-5-4-6-22(17-21)44-26-7-2-3-16-43-26/h8,13,18-22,26H,2-7,9-12,14-17H2,1H3,(H,33,34,35)/t21-,22-,26?/m1/s1. The number of hydrogen-bond acceptors (Lipinski definition) is 11. The lowest BCUT2D eigenvalue weighted by Crippen LogP contribution is -2.45. The van der Waals surface area contributed by atoms with Gasteiger partial charge in [0.05, 0.1) is 23.5 Å². The molecule has 0 aromatic carbocycles. The van der Waals surface area contributed by atoms with Crippen LogP contribution in [0.2, 0.25) is 0 Å². The first kappa shape index (κ1) is 30.5. The number of methoxy groups -OCH3 is 1. The summed E-state index contributed by atoms with van der Waals surface area (Å²) in [6, 6.07) is 2.60. The Bertz CT molecular complexity index is 1550. The van der Waals surface area contributed by atoms with E-state index in [9.17, 15) is 18.0 Å². The van der Waals surface area contributed by atoms with Crippen molar-refractivity contribution >= 4 is 33.7 Å². The molecule has 7 rings (SSSR count). The van der Waals surface area contributed by atoms with Crippen molar-refractivity contribution in [3.63, 3.8) is 0 Å². The number of carbonyl (C=O) groups excluding carboxylic acids is 2. The third-order valence-corrected chi connectivity index (χ3v) is 11.8. The van der Waals surface area contributed by atoms with E-state index >= 15 is 0 Å². The van der Waals surface area contributed by atoms with Gasteiger partial charge in [-0.2, -0.15) is 9.29 Å². The number of esters is 1. The van der Waals surface area contributed by atoms with Crippen molar-refractivity contribution in [1.29, 1.82) is 0 Å². The lowest BCUT2D eigenvalue weighted by Gasteiger charge is -2.37. The first-order valence-corrected chi connectivity index (χ1v) is 17.5. The minimum atomic E-state index is -3.81. The maximum Gasteiger partial charge on any atom is 0.356 e. The molecule has 2 aromatic heterocycles. The molecular formula is C31H40N6O7S. The van der Waals surface area contributed by atoms with Crippen LogP contribution in [-0.4, -0.2) is 90.8 Å². The van der Waals surface area contributed by atoms with Crippen molar-refractivity contribution in [2.45, 2.75) is 105 Å². The Morgan fingerprint density at radius 2 is 1.91 bits per heavy atom. The van der Waals surface area contributed by atoms with Crippen molar-refractivity contribution in [1.82, 2.24) is 19.3 Å². The summed E-state index contributed by atoms with van der Waals surface area (Å²) in [6.45, 7) is 1.33. The van der Waals surface area contributed by atoms with Crippen LogP contribution in [0.5, 0.6) is 0 Å². The summed E-state index contributed by atoms with van der Waals surface area (Å²) in [7, 11) is -2.59. The molecule has 242 valence electrons. The van der Waals surface area contributed by atoms with Crippen molar-refractivity contribution < 1.29 is 32.2 Å². The lowest BCUT2D eigenvalue weighted by molar-refractivity contribution is -0.193. The molecular weight excluding hydrogens is 600 g/mol. The molecule has 3 aliphatic heterocycles. The van der Waals surface area contributed by atoms with Crippen LogP contribution in [-0.2, 0) is 34.4 Å². The fourth-order valence-electron chi connectivity index (χ4n) is 7.22. The van der Waals surface area contributed by atoms with Gasteiger partial charge in [-0.1, -0.05) is 0 Å². The second-order valence-corrected chi connectivity index (χ2v) is 14.7. The highest BCUT2D eigenvalue weighted by molar-refractivity contribution is 7.89. The Balaban J connectivity index is 1.02. The van der Waals surface area contributed by atoms with Gasteiger partial charge in [-0.25, -0.2) is 23.2 Å². The molecule has 1 amide bonds. The number of fused-ring (bicyclic) bond motifs is 2. The molecule has 2 saturated heterocycles. The minimum Gasteiger partial charge on any atom is -0.464 e. The van der Waals surface area contributed by atoms with E-state index in [-0.39, 0.29) is 41.0 Å². The number of piperidine rings is 1. The van der Waals surface area contributed by atoms with Gasteiger partial charge in [0.15, 0.2) is 6.29 Å². The molecule has 0 bridgehead atoms. The molecule has 2 saturated carbocycles. The largest absolute Gasteiger partial charge is 0.464 e. The van der Waals surface area contributed by atoms with Crippen LogP contribution >= 0.6 is 0 Å². The number of rotatable bonds is 8. The fourth-order valence-corrected chi connectivity index (χ4v) is 8.71. The smallest absolute Gasteiger partial charge is 0.356 e. The van der Waals surface area contributed by atoms with E-state index in [4.69, 9.17) is 14.5 Å². The number of pyridine rings is 1. The van der Waals surface area contributed by atoms with Gasteiger partial charge < -0.3 is 19.5 Å². The van der Waals surface area contributed by atoms with Gasteiger partial charge in [-0.15, -0.1) is 0 Å². The van der Waals surface area contributed by atoms with Gasteiger partial charge in [0.2, 0.25) is 21.9 Å². The van der Waals surface area contributed by atoms with E-state index in [2.05, 4.69) is 20.0 Å². The Morgan fingerprint density at radius 1 is 1.09 bits per heavy atom. The van der Waals surface area contributed by atoms with Crippen LogP contribution < -0.4 is 10.2 Å². The number of nitrogens with one attached hydrogen (secondary N) is 1. The molecule has 14 heteroatoms. The van der Waals surface area contributed by atoms with Crippen molar-refractivity contribution in [2.75, 3.05) is 37.0 Å². The second kappa shape index (κ2) is 12.2. The van der Waals surface area contributed by atoms with Gasteiger partial charge in [-0.05, 0) is 82.8 Å². The van der Waals surface area contributed by atoms with Crippen molar-refractivity contribution in [3.05, 3.63) is 35.8 Å². The summed E-state index contributed by atoms with van der Waals surface area (Å²) in [5, 5.41) is 3.41. The SMILES string of the molecule is COC(=O)c1cc(S(=O)(=O)N2CCC(Nc3ncc4c(n3)N([C@@H]3CCC[C@@H](OC5CCCCO5)C3)C(=O)C43CC3)CC2)ccn1. The minimum absolute atomic E-state index is 0.00615. The molecule has 0 radical (unpaired) electrons. The van der Waals surface area contributed by atoms with Gasteiger partial charge in [0.25, 0.3) is 0 Å². The predicted octanol–water partition coefficient (Wildman–Crippen LogP) is 3.16. The molecule has 13 nitrogen and oxygen atoms in total. The summed E-state index contributed by atoms with van der Waals surface area (Å²) in [5.41, 5.74) is 0.370. The first-order valence-electron chi connectivity index (χ1n) is 16.1. The van der Waals surface area contributed by atoms with E-state index in [1.807, 2.05) is 11.1 Å². The van der Waals surface area contributed by atoms with Crippen LogP contribution in [0, 0.1) is 0 Å². The zero-order valence-electron chi connectivity index (χ0n) is 25.5. The van der Waals surface area contributed by atoms with Crippen LogP contribution in [0.4, 0.5) is 11.8 Å². The quantitative estimate of drug-likeness (QED) is 0.424. The topological polar surface area (TPSA) is 153 Å². The molecule has 3 atom stereocenters. The highest BCUT2D eigenvalue weighted by Crippen LogP contribution is 2.57. The zero-order valence-corrected chi connectivity index (χ0v) is 26.3. The Morgan fingerprint density at radius 3 is 2.64 bits per heavy atom. The molecule has 5 aliphatic rings. The number of nitrogens with zero attached hydrogens (tertiary/aromatic N) is 5. The highest BCUT2D eigenvalue weighted by Gasteiger charge is 2.61. The number of carbonyl (C=O) groups is 2. The van der Waals surface area contributed by atoms with Gasteiger partial charge in [0, 0.05) is 49.7 Å².